The Labute approximate surface area is 173 Å². The van der Waals surface area contributed by atoms with Gasteiger partial charge in [0, 0.05) is 43.9 Å². The van der Waals surface area contributed by atoms with Crippen LogP contribution in [0.5, 0.6) is 0 Å². The van der Waals surface area contributed by atoms with Gasteiger partial charge in [-0.2, -0.15) is 5.10 Å². The summed E-state index contributed by atoms with van der Waals surface area (Å²) in [5.41, 5.74) is -1.57. The molecule has 160 valence electrons. The topological polar surface area (TPSA) is 70.6 Å². The molecule has 0 unspecified atom stereocenters. The molecule has 1 saturated heterocycles. The van der Waals surface area contributed by atoms with E-state index in [-0.39, 0.29) is 12.1 Å². The van der Waals surface area contributed by atoms with E-state index in [0.29, 0.717) is 13.1 Å². The van der Waals surface area contributed by atoms with Crippen LogP contribution in [0.25, 0.3) is 0 Å². The van der Waals surface area contributed by atoms with Crippen molar-refractivity contribution in [2.45, 2.75) is 31.7 Å². The molecule has 0 saturated carbocycles. The summed E-state index contributed by atoms with van der Waals surface area (Å²) in [6.45, 7) is 5.57. The van der Waals surface area contributed by atoms with Crippen molar-refractivity contribution in [3.05, 3.63) is 72.2 Å². The maximum absolute atomic E-state index is 14.7. The molecule has 2 aromatic heterocycles. The Bertz CT molecular complexity index is 942. The smallest absolute Gasteiger partial charge is 0.137 e. The molecule has 9 heteroatoms. The van der Waals surface area contributed by atoms with Crippen molar-refractivity contribution >= 4 is 0 Å². The molecular formula is C21H25F2N5O2. The fourth-order valence-electron chi connectivity index (χ4n) is 4.08. The van der Waals surface area contributed by atoms with Crippen LogP contribution in [0.2, 0.25) is 0 Å². The summed E-state index contributed by atoms with van der Waals surface area (Å²) in [7, 11) is 0. The molecule has 0 radical (unpaired) electrons. The third kappa shape index (κ3) is 4.28. The quantitative estimate of drug-likeness (QED) is 0.636. The fourth-order valence-corrected chi connectivity index (χ4v) is 4.08. The summed E-state index contributed by atoms with van der Waals surface area (Å²) in [6, 6.07) is 6.66. The van der Waals surface area contributed by atoms with Gasteiger partial charge in [-0.3, -0.25) is 9.80 Å². The zero-order valence-corrected chi connectivity index (χ0v) is 16.8. The van der Waals surface area contributed by atoms with Gasteiger partial charge in [-0.05, 0) is 25.1 Å². The second-order valence-corrected chi connectivity index (χ2v) is 7.71. The molecule has 0 spiro atoms. The van der Waals surface area contributed by atoms with E-state index in [1.54, 1.807) is 6.26 Å². The Balaban J connectivity index is 1.53. The van der Waals surface area contributed by atoms with Gasteiger partial charge in [0.05, 0.1) is 19.4 Å². The van der Waals surface area contributed by atoms with Gasteiger partial charge in [-0.1, -0.05) is 6.07 Å². The number of aliphatic hydroxyl groups is 1. The van der Waals surface area contributed by atoms with Gasteiger partial charge in [0.1, 0.15) is 35.7 Å². The SMILES string of the molecule is C[C@@H](N1CCN(Cc2ccco2)CC1)[C@](O)(Cn1cncn1)c1ccc(F)cc1F. The summed E-state index contributed by atoms with van der Waals surface area (Å²) >= 11 is 0. The van der Waals surface area contributed by atoms with Gasteiger partial charge >= 0.3 is 0 Å². The Morgan fingerprint density at radius 3 is 2.63 bits per heavy atom. The average molecular weight is 417 g/mol. The van der Waals surface area contributed by atoms with Crippen LogP contribution in [0.3, 0.4) is 0 Å². The van der Waals surface area contributed by atoms with Gasteiger partial charge in [0.2, 0.25) is 0 Å². The number of halogens is 2. The van der Waals surface area contributed by atoms with Gasteiger partial charge in [-0.25, -0.2) is 18.4 Å². The molecule has 1 N–H and O–H groups in total. The number of rotatable bonds is 7. The standard InChI is InChI=1S/C21H25F2N5O2/c1-16(27-8-6-26(7-9-27)12-18-3-2-10-30-18)21(29,13-28-15-24-14-25-28)19-5-4-17(22)11-20(19)23/h2-5,10-11,14-16,29H,6-9,12-13H2,1H3/t16-,21-/m1/s1. The highest BCUT2D eigenvalue weighted by Gasteiger charge is 2.42. The van der Waals surface area contributed by atoms with Crippen LogP contribution in [0.4, 0.5) is 8.78 Å². The minimum Gasteiger partial charge on any atom is -0.468 e. The Hall–Kier alpha value is -2.62. The van der Waals surface area contributed by atoms with Gasteiger partial charge in [-0.15, -0.1) is 0 Å². The molecule has 0 aliphatic carbocycles. The number of nitrogens with zero attached hydrogens (tertiary/aromatic N) is 5. The third-order valence-electron chi connectivity index (χ3n) is 5.87. The third-order valence-corrected chi connectivity index (χ3v) is 5.87. The van der Waals surface area contributed by atoms with E-state index >= 15 is 0 Å². The van der Waals surface area contributed by atoms with Crippen LogP contribution >= 0.6 is 0 Å². The zero-order valence-electron chi connectivity index (χ0n) is 16.8. The molecule has 4 rings (SSSR count). The van der Waals surface area contributed by atoms with Crippen molar-refractivity contribution in [2.24, 2.45) is 0 Å². The number of hydrogen-bond donors (Lipinski definition) is 1. The van der Waals surface area contributed by atoms with Gasteiger partial charge in [0.25, 0.3) is 0 Å². The molecule has 0 amide bonds. The first-order chi connectivity index (χ1) is 14.5. The van der Waals surface area contributed by atoms with Crippen molar-refractivity contribution in [1.82, 2.24) is 24.6 Å². The van der Waals surface area contributed by atoms with Crippen LogP contribution < -0.4 is 0 Å². The van der Waals surface area contributed by atoms with Crippen LogP contribution in [0, 0.1) is 11.6 Å². The van der Waals surface area contributed by atoms with Gasteiger partial charge in [0.15, 0.2) is 0 Å². The summed E-state index contributed by atoms with van der Waals surface area (Å²) in [5, 5.41) is 15.8. The van der Waals surface area contributed by atoms with E-state index < -0.39 is 23.3 Å². The molecule has 0 bridgehead atoms. The van der Waals surface area contributed by atoms with E-state index in [1.165, 1.54) is 29.5 Å². The van der Waals surface area contributed by atoms with Crippen LogP contribution in [0.15, 0.2) is 53.7 Å². The normalized spacial score (nSPS) is 18.9. The Kier molecular flexibility index (Phi) is 5.94. The van der Waals surface area contributed by atoms with Crippen LogP contribution in [0.1, 0.15) is 18.2 Å². The number of benzene rings is 1. The predicted molar refractivity (Wildman–Crippen MR) is 105 cm³/mol. The van der Waals surface area contributed by atoms with Gasteiger partial charge < -0.3 is 9.52 Å². The van der Waals surface area contributed by atoms with Crippen molar-refractivity contribution in [2.75, 3.05) is 26.2 Å². The first-order valence-electron chi connectivity index (χ1n) is 9.95. The van der Waals surface area contributed by atoms with Crippen molar-refractivity contribution in [3.8, 4) is 0 Å². The first-order valence-corrected chi connectivity index (χ1v) is 9.95. The lowest BCUT2D eigenvalue weighted by Crippen LogP contribution is -2.57. The number of hydrogen-bond acceptors (Lipinski definition) is 6. The van der Waals surface area contributed by atoms with E-state index in [0.717, 1.165) is 31.5 Å². The molecular weight excluding hydrogens is 392 g/mol. The molecule has 3 heterocycles. The molecule has 2 atom stereocenters. The molecule has 1 fully saturated rings. The van der Waals surface area contributed by atoms with Crippen molar-refractivity contribution < 1.29 is 18.3 Å². The molecule has 1 aliphatic rings. The lowest BCUT2D eigenvalue weighted by molar-refractivity contribution is -0.0745. The minimum absolute atomic E-state index is 0.00330. The highest BCUT2D eigenvalue weighted by atomic mass is 19.1. The Morgan fingerprint density at radius 1 is 1.20 bits per heavy atom. The summed E-state index contributed by atoms with van der Waals surface area (Å²) < 4.78 is 35.1. The number of aromatic nitrogens is 3. The summed E-state index contributed by atoms with van der Waals surface area (Å²) in [4.78, 5) is 8.31. The maximum atomic E-state index is 14.7. The molecule has 1 aromatic carbocycles. The molecule has 1 aliphatic heterocycles. The first kappa shape index (κ1) is 20.6. The van der Waals surface area contributed by atoms with Crippen LogP contribution in [-0.2, 0) is 18.7 Å². The van der Waals surface area contributed by atoms with E-state index in [4.69, 9.17) is 4.42 Å². The largest absolute Gasteiger partial charge is 0.468 e. The van der Waals surface area contributed by atoms with E-state index in [2.05, 4.69) is 19.9 Å². The highest BCUT2D eigenvalue weighted by molar-refractivity contribution is 5.27. The maximum Gasteiger partial charge on any atom is 0.137 e. The zero-order chi connectivity index (χ0) is 21.1. The van der Waals surface area contributed by atoms with Crippen LogP contribution in [-0.4, -0.2) is 61.9 Å². The van der Waals surface area contributed by atoms with E-state index in [1.807, 2.05) is 19.1 Å². The lowest BCUT2D eigenvalue weighted by atomic mass is 9.85. The highest BCUT2D eigenvalue weighted by Crippen LogP contribution is 2.33. The van der Waals surface area contributed by atoms with Crippen molar-refractivity contribution in [3.63, 3.8) is 0 Å². The number of furan rings is 1. The number of piperazine rings is 1. The second kappa shape index (κ2) is 8.63. The average Bonchev–Trinajstić information content (AvgIpc) is 3.42. The minimum atomic E-state index is -1.62. The second-order valence-electron chi connectivity index (χ2n) is 7.71. The summed E-state index contributed by atoms with van der Waals surface area (Å²) in [6.07, 6.45) is 4.50. The molecule has 3 aromatic rings. The molecule has 7 nitrogen and oxygen atoms in total. The lowest BCUT2D eigenvalue weighted by Gasteiger charge is -2.44. The monoisotopic (exact) mass is 417 g/mol. The van der Waals surface area contributed by atoms with E-state index in [9.17, 15) is 13.9 Å². The Morgan fingerprint density at radius 2 is 2.00 bits per heavy atom. The summed E-state index contributed by atoms with van der Waals surface area (Å²) in [5.74, 6) is -0.549. The van der Waals surface area contributed by atoms with Crippen molar-refractivity contribution in [1.29, 1.82) is 0 Å². The molecule has 30 heavy (non-hydrogen) atoms. The predicted octanol–water partition coefficient (Wildman–Crippen LogP) is 2.24. The fraction of sp³-hybridized carbons (Fsp3) is 0.429.